The third-order valence-electron chi connectivity index (χ3n) is 2.88. The second kappa shape index (κ2) is 14.5. The summed E-state index contributed by atoms with van der Waals surface area (Å²) in [5, 5.41) is 0. The van der Waals surface area contributed by atoms with Gasteiger partial charge in [0.05, 0.1) is 0 Å². The quantitative estimate of drug-likeness (QED) is 0.327. The van der Waals surface area contributed by atoms with Gasteiger partial charge in [0, 0.05) is 0 Å². The minimum Gasteiger partial charge on any atom is -0.0654 e. The van der Waals surface area contributed by atoms with Gasteiger partial charge in [-0.3, -0.25) is 0 Å². The molecule has 0 saturated carbocycles. The minimum absolute atomic E-state index is 0.753. The van der Waals surface area contributed by atoms with E-state index in [1.54, 1.807) is 0 Å². The molecule has 2 heteroatoms. The Morgan fingerprint density at radius 2 is 1.07 bits per heavy atom. The summed E-state index contributed by atoms with van der Waals surface area (Å²) in [5.41, 5.74) is 0. The van der Waals surface area contributed by atoms with E-state index in [4.69, 9.17) is 11.8 Å². The van der Waals surface area contributed by atoms with Crippen molar-refractivity contribution >= 4 is 19.2 Å². The van der Waals surface area contributed by atoms with Gasteiger partial charge >= 0.3 is 0 Å². The van der Waals surface area contributed by atoms with Gasteiger partial charge in [0.25, 0.3) is 0 Å². The third-order valence-corrected chi connectivity index (χ3v) is 4.05. The molecule has 0 bridgehead atoms. The fraction of sp³-hybridized carbons (Fsp3) is 1.00. The lowest BCUT2D eigenvalue weighted by molar-refractivity contribution is 0.555. The van der Waals surface area contributed by atoms with Crippen LogP contribution in [0.4, 0.5) is 0 Å². The van der Waals surface area contributed by atoms with Crippen LogP contribution in [-0.2, 0) is 11.8 Å². The van der Waals surface area contributed by atoms with Crippen molar-refractivity contribution < 1.29 is 0 Å². The van der Waals surface area contributed by atoms with Gasteiger partial charge < -0.3 is 0 Å². The maximum Gasteiger partial charge on any atom is 0.160 e. The van der Waals surface area contributed by atoms with Crippen molar-refractivity contribution in [3.8, 4) is 0 Å². The van der Waals surface area contributed by atoms with Gasteiger partial charge in [-0.05, 0) is 12.8 Å². The Bertz CT molecular complexity index is 126. The fourth-order valence-electron chi connectivity index (χ4n) is 1.86. The molecule has 0 radical (unpaired) electrons. The van der Waals surface area contributed by atoms with Gasteiger partial charge in [-0.1, -0.05) is 64.7 Å². The summed E-state index contributed by atoms with van der Waals surface area (Å²) in [6, 6.07) is 0. The molecule has 0 amide bonds. The molecule has 0 aromatic heterocycles. The molecule has 0 rings (SSSR count). The Hall–Kier alpha value is 0.520. The molecule has 15 heavy (non-hydrogen) atoms. The first-order valence-electron chi connectivity index (χ1n) is 6.76. The molecule has 0 aliphatic rings. The van der Waals surface area contributed by atoms with E-state index in [0.29, 0.717) is 0 Å². The number of hydrogen-bond donors (Lipinski definition) is 0. The SMILES string of the molecule is CCCCCCCCCCCCC[PH+]=S. The van der Waals surface area contributed by atoms with E-state index < -0.39 is 0 Å². The molecule has 1 unspecified atom stereocenters. The Labute approximate surface area is 103 Å². The van der Waals surface area contributed by atoms with Gasteiger partial charge in [0.1, 0.15) is 6.16 Å². The molecule has 0 N–H and O–H groups in total. The van der Waals surface area contributed by atoms with Crippen LogP contribution in [0.2, 0.25) is 0 Å². The van der Waals surface area contributed by atoms with Gasteiger partial charge in [0.2, 0.25) is 0 Å². The summed E-state index contributed by atoms with van der Waals surface area (Å²) in [6.07, 6.45) is 17.1. The Kier molecular flexibility index (Phi) is 15.0. The van der Waals surface area contributed by atoms with Gasteiger partial charge in [-0.25, -0.2) is 0 Å². The largest absolute Gasteiger partial charge is 0.160 e. The van der Waals surface area contributed by atoms with Crippen molar-refractivity contribution in [2.24, 2.45) is 0 Å². The van der Waals surface area contributed by atoms with Gasteiger partial charge in [0.15, 0.2) is 19.2 Å². The van der Waals surface area contributed by atoms with Crippen molar-refractivity contribution in [3.05, 3.63) is 0 Å². The molecule has 0 nitrogen and oxygen atoms in total. The maximum absolute atomic E-state index is 4.95. The first-order chi connectivity index (χ1) is 7.41. The first-order valence-corrected chi connectivity index (χ1v) is 9.10. The summed E-state index contributed by atoms with van der Waals surface area (Å²) >= 11 is 4.95. The highest BCUT2D eigenvalue weighted by Crippen LogP contribution is 2.11. The number of unbranched alkanes of at least 4 members (excludes halogenated alkanes) is 10. The highest BCUT2D eigenvalue weighted by Gasteiger charge is 1.93. The first kappa shape index (κ1) is 15.5. The smallest absolute Gasteiger partial charge is 0.0654 e. The zero-order chi connectivity index (χ0) is 11.2. The zero-order valence-corrected chi connectivity index (χ0v) is 12.2. The minimum atomic E-state index is 0.753. The van der Waals surface area contributed by atoms with E-state index in [1.165, 1.54) is 76.8 Å². The summed E-state index contributed by atoms with van der Waals surface area (Å²) < 4.78 is 0. The lowest BCUT2D eigenvalue weighted by Gasteiger charge is -2.00. The predicted octanol–water partition coefficient (Wildman–Crippen LogP) is 5.44. The Morgan fingerprint density at radius 1 is 0.667 bits per heavy atom. The third kappa shape index (κ3) is 14.5. The van der Waals surface area contributed by atoms with Crippen molar-refractivity contribution in [3.63, 3.8) is 0 Å². The Balaban J connectivity index is 2.83. The normalized spacial score (nSPS) is 11.0. The molecule has 0 aliphatic heterocycles. The van der Waals surface area contributed by atoms with E-state index in [0.717, 1.165) is 7.36 Å². The summed E-state index contributed by atoms with van der Waals surface area (Å²) in [6.45, 7) is 2.28. The van der Waals surface area contributed by atoms with Gasteiger partial charge in [-0.15, -0.1) is 0 Å². The molecule has 0 heterocycles. The van der Waals surface area contributed by atoms with E-state index in [1.807, 2.05) is 0 Å². The molecule has 90 valence electrons. The maximum atomic E-state index is 4.95. The van der Waals surface area contributed by atoms with Crippen LogP contribution in [0.25, 0.3) is 0 Å². The lowest BCUT2D eigenvalue weighted by atomic mass is 10.1. The van der Waals surface area contributed by atoms with Crippen LogP contribution >= 0.6 is 7.36 Å². The molecular weight excluding hydrogens is 219 g/mol. The molecule has 0 spiro atoms. The molecule has 0 aromatic carbocycles. The van der Waals surface area contributed by atoms with Crippen LogP contribution < -0.4 is 0 Å². The summed E-state index contributed by atoms with van der Waals surface area (Å²) in [4.78, 5) is 0. The summed E-state index contributed by atoms with van der Waals surface area (Å²) in [7, 11) is 0.753. The second-order valence-electron chi connectivity index (χ2n) is 4.43. The molecular formula is C13H28PS+. The average Bonchev–Trinajstić information content (AvgIpc) is 2.26. The van der Waals surface area contributed by atoms with Crippen LogP contribution in [-0.4, -0.2) is 6.16 Å². The molecule has 1 atom stereocenters. The fourth-order valence-corrected chi connectivity index (χ4v) is 2.69. The standard InChI is InChI=1S/C13H27PS/c1-2-3-4-5-6-7-8-9-10-11-12-13-14-15/h2-13H2,1H3/p+1. The van der Waals surface area contributed by atoms with Crippen molar-refractivity contribution in [1.29, 1.82) is 0 Å². The monoisotopic (exact) mass is 247 g/mol. The van der Waals surface area contributed by atoms with Crippen molar-refractivity contribution in [1.82, 2.24) is 0 Å². The van der Waals surface area contributed by atoms with Gasteiger partial charge in [-0.2, -0.15) is 0 Å². The number of hydrogen-bond acceptors (Lipinski definition) is 1. The van der Waals surface area contributed by atoms with Crippen molar-refractivity contribution in [2.75, 3.05) is 6.16 Å². The van der Waals surface area contributed by atoms with Crippen LogP contribution in [0.5, 0.6) is 0 Å². The molecule has 0 fully saturated rings. The summed E-state index contributed by atoms with van der Waals surface area (Å²) in [5.74, 6) is 0. The van der Waals surface area contributed by atoms with E-state index >= 15 is 0 Å². The zero-order valence-electron chi connectivity index (χ0n) is 10.4. The lowest BCUT2D eigenvalue weighted by Crippen LogP contribution is -1.82. The van der Waals surface area contributed by atoms with E-state index in [2.05, 4.69) is 6.92 Å². The van der Waals surface area contributed by atoms with Crippen LogP contribution in [0.3, 0.4) is 0 Å². The van der Waals surface area contributed by atoms with Crippen LogP contribution in [0.15, 0.2) is 0 Å². The molecule has 0 saturated heterocycles. The highest BCUT2D eigenvalue weighted by molar-refractivity contribution is 7.96. The Morgan fingerprint density at radius 3 is 1.47 bits per heavy atom. The van der Waals surface area contributed by atoms with Crippen LogP contribution in [0, 0.1) is 0 Å². The van der Waals surface area contributed by atoms with E-state index in [-0.39, 0.29) is 0 Å². The second-order valence-corrected chi connectivity index (χ2v) is 6.08. The molecule has 0 aliphatic carbocycles. The highest BCUT2D eigenvalue weighted by atomic mass is 32.4. The average molecular weight is 247 g/mol. The van der Waals surface area contributed by atoms with E-state index in [9.17, 15) is 0 Å². The topological polar surface area (TPSA) is 0 Å². The number of rotatable bonds is 12. The van der Waals surface area contributed by atoms with Crippen LogP contribution in [0.1, 0.15) is 77.6 Å². The van der Waals surface area contributed by atoms with Crippen molar-refractivity contribution in [2.45, 2.75) is 77.6 Å². The molecule has 0 aromatic rings. The predicted molar refractivity (Wildman–Crippen MR) is 77.0 cm³/mol.